The standard InChI is InChI=1S/C15H25N3O/c1-5-12(2)17-15(19)16-11-14(18(3)4)13-9-7-6-8-10-13/h6-10,12,14H,5,11H2,1-4H3,(H2,16,17,19)/t12-,14+/m1/s1. The largest absolute Gasteiger partial charge is 0.336 e. The van der Waals surface area contributed by atoms with Gasteiger partial charge in [-0.15, -0.1) is 0 Å². The summed E-state index contributed by atoms with van der Waals surface area (Å²) in [6.45, 7) is 4.65. The van der Waals surface area contributed by atoms with Gasteiger partial charge in [0, 0.05) is 12.6 Å². The third kappa shape index (κ3) is 5.30. The first kappa shape index (κ1) is 15.5. The first-order chi connectivity index (χ1) is 9.04. The van der Waals surface area contributed by atoms with Crippen molar-refractivity contribution in [2.24, 2.45) is 0 Å². The van der Waals surface area contributed by atoms with Crippen LogP contribution in [0.3, 0.4) is 0 Å². The molecule has 1 aromatic rings. The average molecular weight is 263 g/mol. The van der Waals surface area contributed by atoms with E-state index in [0.29, 0.717) is 6.54 Å². The van der Waals surface area contributed by atoms with Gasteiger partial charge in [0.15, 0.2) is 0 Å². The van der Waals surface area contributed by atoms with Crippen molar-refractivity contribution in [1.29, 1.82) is 0 Å². The van der Waals surface area contributed by atoms with Gasteiger partial charge in [-0.25, -0.2) is 4.79 Å². The third-order valence-corrected chi connectivity index (χ3v) is 3.25. The first-order valence-electron chi connectivity index (χ1n) is 6.80. The second kappa shape index (κ2) is 7.79. The summed E-state index contributed by atoms with van der Waals surface area (Å²) in [5, 5.41) is 5.84. The number of likely N-dealkylation sites (N-methyl/N-ethyl adjacent to an activating group) is 1. The van der Waals surface area contributed by atoms with E-state index in [-0.39, 0.29) is 18.1 Å². The Morgan fingerprint density at radius 3 is 2.42 bits per heavy atom. The highest BCUT2D eigenvalue weighted by molar-refractivity contribution is 5.74. The van der Waals surface area contributed by atoms with Gasteiger partial charge in [-0.3, -0.25) is 0 Å². The van der Waals surface area contributed by atoms with Gasteiger partial charge in [0.05, 0.1) is 6.04 Å². The molecule has 0 bridgehead atoms. The molecule has 1 aromatic carbocycles. The number of urea groups is 1. The summed E-state index contributed by atoms with van der Waals surface area (Å²) in [5.74, 6) is 0. The summed E-state index contributed by atoms with van der Waals surface area (Å²) < 4.78 is 0. The van der Waals surface area contributed by atoms with Crippen molar-refractivity contribution in [3.05, 3.63) is 35.9 Å². The Kier molecular flexibility index (Phi) is 6.36. The zero-order valence-corrected chi connectivity index (χ0v) is 12.3. The van der Waals surface area contributed by atoms with Crippen LogP contribution in [0.1, 0.15) is 31.9 Å². The van der Waals surface area contributed by atoms with E-state index in [0.717, 1.165) is 6.42 Å². The van der Waals surface area contributed by atoms with Crippen molar-refractivity contribution >= 4 is 6.03 Å². The summed E-state index contributed by atoms with van der Waals surface area (Å²) in [6.07, 6.45) is 0.934. The van der Waals surface area contributed by atoms with Crippen molar-refractivity contribution in [1.82, 2.24) is 15.5 Å². The van der Waals surface area contributed by atoms with Gasteiger partial charge in [0.25, 0.3) is 0 Å². The molecule has 106 valence electrons. The highest BCUT2D eigenvalue weighted by Gasteiger charge is 2.15. The zero-order valence-electron chi connectivity index (χ0n) is 12.3. The van der Waals surface area contributed by atoms with Crippen molar-refractivity contribution in [3.8, 4) is 0 Å². The highest BCUT2D eigenvalue weighted by atomic mass is 16.2. The number of nitrogens with one attached hydrogen (secondary N) is 2. The van der Waals surface area contributed by atoms with E-state index in [1.54, 1.807) is 0 Å². The molecule has 0 radical (unpaired) electrons. The summed E-state index contributed by atoms with van der Waals surface area (Å²) in [4.78, 5) is 13.8. The Hall–Kier alpha value is -1.55. The summed E-state index contributed by atoms with van der Waals surface area (Å²) in [7, 11) is 4.04. The lowest BCUT2D eigenvalue weighted by Crippen LogP contribution is -2.43. The predicted molar refractivity (Wildman–Crippen MR) is 79.2 cm³/mol. The van der Waals surface area contributed by atoms with Crippen LogP contribution in [0.2, 0.25) is 0 Å². The van der Waals surface area contributed by atoms with E-state index in [9.17, 15) is 4.79 Å². The minimum atomic E-state index is -0.0999. The Morgan fingerprint density at radius 2 is 1.89 bits per heavy atom. The van der Waals surface area contributed by atoms with Crippen LogP contribution in [0.4, 0.5) is 4.79 Å². The van der Waals surface area contributed by atoms with Gasteiger partial charge in [0.1, 0.15) is 0 Å². The van der Waals surface area contributed by atoms with E-state index in [4.69, 9.17) is 0 Å². The van der Waals surface area contributed by atoms with Crippen LogP contribution in [-0.4, -0.2) is 37.6 Å². The number of hydrogen-bond acceptors (Lipinski definition) is 2. The molecule has 0 heterocycles. The van der Waals surface area contributed by atoms with Crippen molar-refractivity contribution in [2.45, 2.75) is 32.4 Å². The normalized spacial score (nSPS) is 13.9. The van der Waals surface area contributed by atoms with Crippen LogP contribution in [0.25, 0.3) is 0 Å². The van der Waals surface area contributed by atoms with Gasteiger partial charge in [-0.05, 0) is 33.0 Å². The molecule has 0 fully saturated rings. The van der Waals surface area contributed by atoms with Crippen LogP contribution in [0, 0.1) is 0 Å². The fraction of sp³-hybridized carbons (Fsp3) is 0.533. The predicted octanol–water partition coefficient (Wildman–Crippen LogP) is 2.39. The maximum atomic E-state index is 11.7. The van der Waals surface area contributed by atoms with Crippen LogP contribution in [-0.2, 0) is 0 Å². The summed E-state index contributed by atoms with van der Waals surface area (Å²) in [6, 6.07) is 10.5. The van der Waals surface area contributed by atoms with E-state index in [1.807, 2.05) is 39.2 Å². The monoisotopic (exact) mass is 263 g/mol. The van der Waals surface area contributed by atoms with Crippen molar-refractivity contribution < 1.29 is 4.79 Å². The minimum absolute atomic E-state index is 0.0999. The molecule has 0 aliphatic heterocycles. The second-order valence-electron chi connectivity index (χ2n) is 5.05. The number of carbonyl (C=O) groups is 1. The van der Waals surface area contributed by atoms with E-state index in [1.165, 1.54) is 5.56 Å². The molecule has 2 N–H and O–H groups in total. The molecular weight excluding hydrogens is 238 g/mol. The number of benzene rings is 1. The molecule has 2 amide bonds. The number of nitrogens with zero attached hydrogens (tertiary/aromatic N) is 1. The SMILES string of the molecule is CC[C@@H](C)NC(=O)NC[C@@H](c1ccccc1)N(C)C. The van der Waals surface area contributed by atoms with Gasteiger partial charge in [-0.1, -0.05) is 37.3 Å². The molecule has 1 rings (SSSR count). The molecule has 0 spiro atoms. The molecule has 0 aliphatic rings. The maximum Gasteiger partial charge on any atom is 0.315 e. The molecule has 19 heavy (non-hydrogen) atoms. The molecule has 2 atom stereocenters. The minimum Gasteiger partial charge on any atom is -0.336 e. The Morgan fingerprint density at radius 1 is 1.26 bits per heavy atom. The quantitative estimate of drug-likeness (QED) is 0.827. The molecule has 0 aliphatic carbocycles. The fourth-order valence-electron chi connectivity index (χ4n) is 1.84. The van der Waals surface area contributed by atoms with E-state index < -0.39 is 0 Å². The maximum absolute atomic E-state index is 11.7. The fourth-order valence-corrected chi connectivity index (χ4v) is 1.84. The van der Waals surface area contributed by atoms with Gasteiger partial charge < -0.3 is 15.5 Å². The smallest absolute Gasteiger partial charge is 0.315 e. The Balaban J connectivity index is 2.54. The third-order valence-electron chi connectivity index (χ3n) is 3.25. The number of rotatable bonds is 6. The molecule has 4 nitrogen and oxygen atoms in total. The topological polar surface area (TPSA) is 44.4 Å². The number of amides is 2. The zero-order chi connectivity index (χ0) is 14.3. The lowest BCUT2D eigenvalue weighted by atomic mass is 10.1. The lowest BCUT2D eigenvalue weighted by molar-refractivity contribution is 0.229. The van der Waals surface area contributed by atoms with Crippen molar-refractivity contribution in [2.75, 3.05) is 20.6 Å². The lowest BCUT2D eigenvalue weighted by Gasteiger charge is -2.25. The number of hydrogen-bond donors (Lipinski definition) is 2. The first-order valence-corrected chi connectivity index (χ1v) is 6.80. The van der Waals surface area contributed by atoms with Crippen molar-refractivity contribution in [3.63, 3.8) is 0 Å². The van der Waals surface area contributed by atoms with E-state index in [2.05, 4.69) is 34.6 Å². The Labute approximate surface area is 116 Å². The summed E-state index contributed by atoms with van der Waals surface area (Å²) in [5.41, 5.74) is 1.20. The van der Waals surface area contributed by atoms with Gasteiger partial charge >= 0.3 is 6.03 Å². The molecule has 0 saturated carbocycles. The van der Waals surface area contributed by atoms with E-state index >= 15 is 0 Å². The Bertz CT molecular complexity index is 378. The molecule has 0 aromatic heterocycles. The second-order valence-corrected chi connectivity index (χ2v) is 5.05. The average Bonchev–Trinajstić information content (AvgIpc) is 2.39. The summed E-state index contributed by atoms with van der Waals surface area (Å²) >= 11 is 0. The molecular formula is C15H25N3O. The van der Waals surface area contributed by atoms with Crippen LogP contribution in [0.5, 0.6) is 0 Å². The van der Waals surface area contributed by atoms with Gasteiger partial charge in [0.2, 0.25) is 0 Å². The van der Waals surface area contributed by atoms with Crippen LogP contribution < -0.4 is 10.6 Å². The van der Waals surface area contributed by atoms with Crippen LogP contribution >= 0.6 is 0 Å². The molecule has 0 unspecified atom stereocenters. The molecule has 0 saturated heterocycles. The molecule has 4 heteroatoms. The number of carbonyl (C=O) groups excluding carboxylic acids is 1. The van der Waals surface area contributed by atoms with Gasteiger partial charge in [-0.2, -0.15) is 0 Å². The highest BCUT2D eigenvalue weighted by Crippen LogP contribution is 2.16. The van der Waals surface area contributed by atoms with Crippen LogP contribution in [0.15, 0.2) is 30.3 Å².